The van der Waals surface area contributed by atoms with Crippen molar-refractivity contribution in [2.75, 3.05) is 27.2 Å². The molecular weight excluding hydrogens is 126 g/mol. The van der Waals surface area contributed by atoms with E-state index in [2.05, 4.69) is 21.9 Å². The van der Waals surface area contributed by atoms with Gasteiger partial charge in [0.15, 0.2) is 0 Å². The molecular formula is C7H15N3. The summed E-state index contributed by atoms with van der Waals surface area (Å²) in [6.45, 7) is 6.03. The summed E-state index contributed by atoms with van der Waals surface area (Å²) in [4.78, 5) is 0. The fourth-order valence-electron chi connectivity index (χ4n) is 1.13. The van der Waals surface area contributed by atoms with Crippen LogP contribution in [0.1, 0.15) is 6.42 Å². The Bertz CT molecular complexity index is 131. The van der Waals surface area contributed by atoms with E-state index in [1.807, 2.05) is 14.1 Å². The first-order chi connectivity index (χ1) is 4.72. The molecule has 1 fully saturated rings. The third kappa shape index (κ3) is 1.42. The van der Waals surface area contributed by atoms with Crippen molar-refractivity contribution >= 4 is 0 Å². The maximum Gasteiger partial charge on any atom is 0.108 e. The highest BCUT2D eigenvalue weighted by atomic mass is 15.6. The highest BCUT2D eigenvalue weighted by molar-refractivity contribution is 4.92. The lowest BCUT2D eigenvalue weighted by Gasteiger charge is -2.36. The Labute approximate surface area is 62.3 Å². The zero-order valence-electron chi connectivity index (χ0n) is 6.72. The molecule has 1 rings (SSSR count). The first-order valence-corrected chi connectivity index (χ1v) is 3.59. The molecule has 58 valence electrons. The second-order valence-electron chi connectivity index (χ2n) is 2.70. The molecule has 10 heavy (non-hydrogen) atoms. The number of nitrogens with one attached hydrogen (secondary N) is 1. The summed E-state index contributed by atoms with van der Waals surface area (Å²) in [5.74, 6) is 1.01. The summed E-state index contributed by atoms with van der Waals surface area (Å²) in [5.41, 5.74) is 0. The highest BCUT2D eigenvalue weighted by Crippen LogP contribution is 2.05. The van der Waals surface area contributed by atoms with E-state index in [0.717, 1.165) is 18.9 Å². The molecule has 0 aromatic heterocycles. The second kappa shape index (κ2) is 2.92. The lowest BCUT2D eigenvalue weighted by molar-refractivity contribution is 0.0433. The molecule has 0 saturated carbocycles. The molecule has 0 unspecified atom stereocenters. The van der Waals surface area contributed by atoms with Crippen LogP contribution in [0.3, 0.4) is 0 Å². The van der Waals surface area contributed by atoms with Crippen molar-refractivity contribution in [2.45, 2.75) is 6.42 Å². The largest absolute Gasteiger partial charge is 0.371 e. The minimum atomic E-state index is 1.01. The topological polar surface area (TPSA) is 18.5 Å². The average molecular weight is 141 g/mol. The van der Waals surface area contributed by atoms with Gasteiger partial charge in [-0.05, 0) is 6.42 Å². The summed E-state index contributed by atoms with van der Waals surface area (Å²) in [6.07, 6.45) is 1.19. The molecule has 0 radical (unpaired) electrons. The van der Waals surface area contributed by atoms with E-state index in [1.165, 1.54) is 6.42 Å². The van der Waals surface area contributed by atoms with Gasteiger partial charge in [-0.1, -0.05) is 6.58 Å². The van der Waals surface area contributed by atoms with Crippen molar-refractivity contribution in [1.82, 2.24) is 15.3 Å². The summed E-state index contributed by atoms with van der Waals surface area (Å²) >= 11 is 0. The van der Waals surface area contributed by atoms with E-state index >= 15 is 0 Å². The molecule has 0 amide bonds. The van der Waals surface area contributed by atoms with Gasteiger partial charge in [0.1, 0.15) is 5.82 Å². The first kappa shape index (κ1) is 7.41. The SMILES string of the molecule is C=C1NCCCN1N(C)C. The molecule has 0 spiro atoms. The van der Waals surface area contributed by atoms with Crippen LogP contribution in [0.2, 0.25) is 0 Å². The first-order valence-electron chi connectivity index (χ1n) is 3.59. The standard InChI is InChI=1S/C7H15N3/c1-7-8-5-4-6-10(7)9(2)3/h8H,1,4-6H2,2-3H3. The Kier molecular flexibility index (Phi) is 2.17. The summed E-state index contributed by atoms with van der Waals surface area (Å²) in [7, 11) is 4.05. The number of hydrazine groups is 1. The van der Waals surface area contributed by atoms with Crippen LogP contribution >= 0.6 is 0 Å². The number of hydrogen-bond acceptors (Lipinski definition) is 3. The summed E-state index contributed by atoms with van der Waals surface area (Å²) < 4.78 is 0. The van der Waals surface area contributed by atoms with Crippen molar-refractivity contribution < 1.29 is 0 Å². The Hall–Kier alpha value is -0.700. The number of hydrogen-bond donors (Lipinski definition) is 1. The smallest absolute Gasteiger partial charge is 0.108 e. The van der Waals surface area contributed by atoms with E-state index in [9.17, 15) is 0 Å². The van der Waals surface area contributed by atoms with Gasteiger partial charge in [-0.2, -0.15) is 0 Å². The van der Waals surface area contributed by atoms with Crippen LogP contribution in [-0.2, 0) is 0 Å². The highest BCUT2D eigenvalue weighted by Gasteiger charge is 2.12. The third-order valence-corrected chi connectivity index (χ3v) is 1.67. The van der Waals surface area contributed by atoms with E-state index in [1.54, 1.807) is 0 Å². The Balaban J connectivity index is 2.48. The molecule has 3 heteroatoms. The van der Waals surface area contributed by atoms with E-state index < -0.39 is 0 Å². The molecule has 0 aromatic carbocycles. The van der Waals surface area contributed by atoms with Gasteiger partial charge in [0.05, 0.1) is 0 Å². The fraction of sp³-hybridized carbons (Fsp3) is 0.714. The van der Waals surface area contributed by atoms with Gasteiger partial charge in [-0.3, -0.25) is 5.01 Å². The van der Waals surface area contributed by atoms with Crippen LogP contribution in [0.25, 0.3) is 0 Å². The predicted octanol–water partition coefficient (Wildman–Crippen LogP) is 0.229. The second-order valence-corrected chi connectivity index (χ2v) is 2.70. The minimum Gasteiger partial charge on any atom is -0.371 e. The number of nitrogens with zero attached hydrogens (tertiary/aromatic N) is 2. The molecule has 0 aliphatic carbocycles. The molecule has 1 saturated heterocycles. The maximum atomic E-state index is 3.89. The molecule has 1 aliphatic heterocycles. The zero-order valence-corrected chi connectivity index (χ0v) is 6.72. The fourth-order valence-corrected chi connectivity index (χ4v) is 1.13. The van der Waals surface area contributed by atoms with Crippen molar-refractivity contribution in [3.05, 3.63) is 12.4 Å². The van der Waals surface area contributed by atoms with Crippen LogP contribution < -0.4 is 5.32 Å². The summed E-state index contributed by atoms with van der Waals surface area (Å²) in [6, 6.07) is 0. The lowest BCUT2D eigenvalue weighted by atomic mass is 10.3. The van der Waals surface area contributed by atoms with Crippen LogP contribution in [0.15, 0.2) is 12.4 Å². The lowest BCUT2D eigenvalue weighted by Crippen LogP contribution is -2.45. The average Bonchev–Trinajstić information content (AvgIpc) is 1.88. The number of rotatable bonds is 1. The van der Waals surface area contributed by atoms with Crippen molar-refractivity contribution in [3.63, 3.8) is 0 Å². The molecule has 1 aliphatic rings. The van der Waals surface area contributed by atoms with Gasteiger partial charge in [-0.25, -0.2) is 5.01 Å². The summed E-state index contributed by atoms with van der Waals surface area (Å²) in [5, 5.41) is 7.38. The van der Waals surface area contributed by atoms with Gasteiger partial charge in [0, 0.05) is 27.2 Å². The van der Waals surface area contributed by atoms with Crippen LogP contribution in [0, 0.1) is 0 Å². The van der Waals surface area contributed by atoms with E-state index in [4.69, 9.17) is 0 Å². The van der Waals surface area contributed by atoms with Gasteiger partial charge < -0.3 is 5.32 Å². The zero-order chi connectivity index (χ0) is 7.56. The van der Waals surface area contributed by atoms with Crippen molar-refractivity contribution in [1.29, 1.82) is 0 Å². The molecule has 0 atom stereocenters. The maximum absolute atomic E-state index is 3.89. The van der Waals surface area contributed by atoms with Gasteiger partial charge in [-0.15, -0.1) is 0 Å². The van der Waals surface area contributed by atoms with Gasteiger partial charge in [0.25, 0.3) is 0 Å². The third-order valence-electron chi connectivity index (χ3n) is 1.67. The van der Waals surface area contributed by atoms with Gasteiger partial charge in [0.2, 0.25) is 0 Å². The minimum absolute atomic E-state index is 1.01. The Morgan fingerprint density at radius 2 is 2.30 bits per heavy atom. The Morgan fingerprint density at radius 1 is 1.60 bits per heavy atom. The molecule has 3 nitrogen and oxygen atoms in total. The van der Waals surface area contributed by atoms with Crippen LogP contribution in [0.4, 0.5) is 0 Å². The van der Waals surface area contributed by atoms with Crippen molar-refractivity contribution in [2.24, 2.45) is 0 Å². The molecule has 0 bridgehead atoms. The monoisotopic (exact) mass is 141 g/mol. The van der Waals surface area contributed by atoms with Crippen molar-refractivity contribution in [3.8, 4) is 0 Å². The van der Waals surface area contributed by atoms with Gasteiger partial charge >= 0.3 is 0 Å². The normalized spacial score (nSPS) is 19.5. The Morgan fingerprint density at radius 3 is 2.70 bits per heavy atom. The molecule has 1 heterocycles. The van der Waals surface area contributed by atoms with E-state index in [-0.39, 0.29) is 0 Å². The van der Waals surface area contributed by atoms with Crippen LogP contribution in [-0.4, -0.2) is 37.2 Å². The van der Waals surface area contributed by atoms with E-state index in [0.29, 0.717) is 0 Å². The predicted molar refractivity (Wildman–Crippen MR) is 42.2 cm³/mol. The molecule has 1 N–H and O–H groups in total. The quantitative estimate of drug-likeness (QED) is 0.564. The molecule has 0 aromatic rings. The van der Waals surface area contributed by atoms with Crippen LogP contribution in [0.5, 0.6) is 0 Å².